The summed E-state index contributed by atoms with van der Waals surface area (Å²) in [4.78, 5) is 5.51. The van der Waals surface area contributed by atoms with E-state index < -0.39 is 0 Å². The lowest BCUT2D eigenvalue weighted by molar-refractivity contribution is 0.549. The van der Waals surface area contributed by atoms with Gasteiger partial charge in [-0.1, -0.05) is 6.07 Å². The molecule has 0 spiro atoms. The lowest BCUT2D eigenvalue weighted by Gasteiger charge is -2.17. The topological polar surface area (TPSA) is 37.5 Å². The van der Waals surface area contributed by atoms with Crippen molar-refractivity contribution < 1.29 is 4.42 Å². The summed E-state index contributed by atoms with van der Waals surface area (Å²) in [6.45, 7) is 0. The third-order valence-corrected chi connectivity index (χ3v) is 3.57. The minimum absolute atomic E-state index is 0.0381. The Morgan fingerprint density at radius 3 is 3.00 bits per heavy atom. The molecule has 3 heterocycles. The Kier molecular flexibility index (Phi) is 2.74. The van der Waals surface area contributed by atoms with Crippen LogP contribution in [-0.4, -0.2) is 5.29 Å². The van der Waals surface area contributed by atoms with Crippen molar-refractivity contribution in [2.24, 2.45) is 4.99 Å². The first-order chi connectivity index (χ1) is 8.33. The Labute approximate surface area is 107 Å². The Morgan fingerprint density at radius 1 is 1.35 bits per heavy atom. The van der Waals surface area contributed by atoms with E-state index in [0.29, 0.717) is 5.29 Å². The Hall–Kier alpha value is -1.52. The van der Waals surface area contributed by atoms with Crippen molar-refractivity contribution in [2.75, 3.05) is 0 Å². The van der Waals surface area contributed by atoms with Gasteiger partial charge in [0.05, 0.1) is 12.0 Å². The van der Waals surface area contributed by atoms with Gasteiger partial charge in [-0.2, -0.15) is 0 Å². The van der Waals surface area contributed by atoms with E-state index in [0.717, 1.165) is 16.3 Å². The molecular formula is C12H9ClN2OS. The Balaban J connectivity index is 1.97. The van der Waals surface area contributed by atoms with Crippen LogP contribution in [0, 0.1) is 0 Å². The van der Waals surface area contributed by atoms with Gasteiger partial charge < -0.3 is 9.73 Å². The lowest BCUT2D eigenvalue weighted by atomic mass is 10.1. The van der Waals surface area contributed by atoms with Gasteiger partial charge >= 0.3 is 0 Å². The first-order valence-electron chi connectivity index (χ1n) is 5.12. The summed E-state index contributed by atoms with van der Waals surface area (Å²) in [6, 6.07) is 7.75. The van der Waals surface area contributed by atoms with E-state index in [1.165, 1.54) is 0 Å². The van der Waals surface area contributed by atoms with E-state index in [4.69, 9.17) is 16.0 Å². The van der Waals surface area contributed by atoms with Crippen molar-refractivity contribution in [2.45, 2.75) is 6.04 Å². The normalized spacial score (nSPS) is 19.5. The fourth-order valence-corrected chi connectivity index (χ4v) is 2.62. The molecule has 0 bridgehead atoms. The molecule has 2 aromatic rings. The average Bonchev–Trinajstić information content (AvgIpc) is 3.02. The number of hydrogen-bond donors (Lipinski definition) is 1. The highest BCUT2D eigenvalue weighted by Crippen LogP contribution is 2.30. The van der Waals surface area contributed by atoms with Crippen LogP contribution in [0.2, 0.25) is 0 Å². The second kappa shape index (κ2) is 4.39. The number of halogens is 1. The predicted octanol–water partition coefficient (Wildman–Crippen LogP) is 3.62. The van der Waals surface area contributed by atoms with Crippen molar-refractivity contribution in [1.82, 2.24) is 5.32 Å². The molecule has 1 aliphatic heterocycles. The molecule has 1 aliphatic rings. The highest BCUT2D eigenvalue weighted by molar-refractivity contribution is 7.10. The highest BCUT2D eigenvalue weighted by Gasteiger charge is 2.18. The van der Waals surface area contributed by atoms with Crippen molar-refractivity contribution >= 4 is 33.9 Å². The van der Waals surface area contributed by atoms with E-state index in [-0.39, 0.29) is 6.04 Å². The van der Waals surface area contributed by atoms with Crippen LogP contribution < -0.4 is 5.32 Å². The largest absolute Gasteiger partial charge is 0.463 e. The molecule has 0 saturated carbocycles. The first kappa shape index (κ1) is 10.6. The maximum absolute atomic E-state index is 6.00. The van der Waals surface area contributed by atoms with Crippen LogP contribution in [0.15, 0.2) is 51.4 Å². The van der Waals surface area contributed by atoms with Crippen molar-refractivity contribution in [3.63, 3.8) is 0 Å². The minimum Gasteiger partial charge on any atom is -0.463 e. The van der Waals surface area contributed by atoms with Gasteiger partial charge in [0.15, 0.2) is 5.29 Å². The lowest BCUT2D eigenvalue weighted by Crippen LogP contribution is -2.21. The molecule has 5 heteroatoms. The zero-order chi connectivity index (χ0) is 11.7. The van der Waals surface area contributed by atoms with Crippen LogP contribution in [0.4, 0.5) is 0 Å². The maximum atomic E-state index is 6.00. The van der Waals surface area contributed by atoms with Crippen molar-refractivity contribution in [3.05, 3.63) is 52.6 Å². The first-order valence-corrected chi connectivity index (χ1v) is 6.38. The zero-order valence-corrected chi connectivity index (χ0v) is 10.3. The van der Waals surface area contributed by atoms with Crippen LogP contribution in [0.25, 0.3) is 5.70 Å². The standard InChI is InChI=1S/C12H9ClN2OS/c13-12-14-8(10-3-1-5-16-10)7-9(15-12)11-4-2-6-17-11/h1-7,9H,(H,14,15). The van der Waals surface area contributed by atoms with Gasteiger partial charge in [-0.3, -0.25) is 0 Å². The minimum atomic E-state index is -0.0381. The average molecular weight is 265 g/mol. The van der Waals surface area contributed by atoms with Gasteiger partial charge in [-0.05, 0) is 41.3 Å². The third kappa shape index (κ3) is 2.14. The van der Waals surface area contributed by atoms with Crippen LogP contribution in [0.1, 0.15) is 16.7 Å². The molecule has 3 nitrogen and oxygen atoms in total. The molecule has 0 amide bonds. The van der Waals surface area contributed by atoms with E-state index in [1.54, 1.807) is 17.6 Å². The molecule has 0 aliphatic carbocycles. The predicted molar refractivity (Wildman–Crippen MR) is 70.2 cm³/mol. The Morgan fingerprint density at radius 2 is 2.29 bits per heavy atom. The summed E-state index contributed by atoms with van der Waals surface area (Å²) in [5.41, 5.74) is 0.855. The summed E-state index contributed by atoms with van der Waals surface area (Å²) in [6.07, 6.45) is 3.65. The monoisotopic (exact) mass is 264 g/mol. The molecule has 3 rings (SSSR count). The quantitative estimate of drug-likeness (QED) is 0.841. The molecule has 1 atom stereocenters. The SMILES string of the molecule is ClC1=NC(c2cccs2)C=C(c2ccco2)N1. The van der Waals surface area contributed by atoms with Crippen LogP contribution >= 0.6 is 22.9 Å². The maximum Gasteiger partial charge on any atom is 0.196 e. The molecule has 0 aromatic carbocycles. The molecule has 0 saturated heterocycles. The molecule has 1 unspecified atom stereocenters. The summed E-state index contributed by atoms with van der Waals surface area (Å²) in [5, 5.41) is 5.41. The molecule has 86 valence electrons. The summed E-state index contributed by atoms with van der Waals surface area (Å²) in [7, 11) is 0. The van der Waals surface area contributed by atoms with Gasteiger partial charge in [0.1, 0.15) is 11.8 Å². The number of thiophene rings is 1. The van der Waals surface area contributed by atoms with Gasteiger partial charge in [0.25, 0.3) is 0 Å². The molecule has 17 heavy (non-hydrogen) atoms. The van der Waals surface area contributed by atoms with Crippen LogP contribution in [0.3, 0.4) is 0 Å². The zero-order valence-electron chi connectivity index (χ0n) is 8.76. The number of aliphatic imine (C=N–C) groups is 1. The van der Waals surface area contributed by atoms with E-state index in [9.17, 15) is 0 Å². The Bertz CT molecular complexity index is 557. The van der Waals surface area contributed by atoms with Gasteiger partial charge in [0, 0.05) is 4.88 Å². The van der Waals surface area contributed by atoms with Crippen molar-refractivity contribution in [1.29, 1.82) is 0 Å². The van der Waals surface area contributed by atoms with Crippen molar-refractivity contribution in [3.8, 4) is 0 Å². The number of hydrogen-bond acceptors (Lipinski definition) is 4. The second-order valence-electron chi connectivity index (χ2n) is 3.56. The van der Waals surface area contributed by atoms with E-state index in [2.05, 4.69) is 10.3 Å². The fraction of sp³-hybridized carbons (Fsp3) is 0.0833. The molecule has 1 N–H and O–H groups in total. The molecule has 0 fully saturated rings. The smallest absolute Gasteiger partial charge is 0.196 e. The molecule has 2 aromatic heterocycles. The molecular weight excluding hydrogens is 256 g/mol. The van der Waals surface area contributed by atoms with Gasteiger partial charge in [0.2, 0.25) is 0 Å². The number of nitrogens with one attached hydrogen (secondary N) is 1. The number of furan rings is 1. The summed E-state index contributed by atoms with van der Waals surface area (Å²) in [5.74, 6) is 0.764. The molecule has 0 radical (unpaired) electrons. The van der Waals surface area contributed by atoms with Gasteiger partial charge in [-0.15, -0.1) is 11.3 Å². The number of amidine groups is 1. The van der Waals surface area contributed by atoms with Gasteiger partial charge in [-0.25, -0.2) is 4.99 Å². The second-order valence-corrected chi connectivity index (χ2v) is 4.90. The fourth-order valence-electron chi connectivity index (χ4n) is 1.68. The van der Waals surface area contributed by atoms with E-state index in [1.807, 2.05) is 35.7 Å². The number of rotatable bonds is 2. The highest BCUT2D eigenvalue weighted by atomic mass is 35.5. The number of nitrogens with zero attached hydrogens (tertiary/aromatic N) is 1. The third-order valence-electron chi connectivity index (χ3n) is 2.44. The summed E-state index contributed by atoms with van der Waals surface area (Å²) >= 11 is 7.66. The summed E-state index contributed by atoms with van der Waals surface area (Å²) < 4.78 is 5.35. The van der Waals surface area contributed by atoms with Crippen LogP contribution in [-0.2, 0) is 0 Å². The van der Waals surface area contributed by atoms with E-state index >= 15 is 0 Å². The van der Waals surface area contributed by atoms with Crippen LogP contribution in [0.5, 0.6) is 0 Å².